The number of fused-ring (bicyclic) bond motifs is 3. The molecular formula is C19H15FO6. The van der Waals surface area contributed by atoms with Crippen LogP contribution in [0.15, 0.2) is 30.3 Å². The molecule has 0 saturated heterocycles. The predicted molar refractivity (Wildman–Crippen MR) is 87.1 cm³/mol. The molecule has 6 nitrogen and oxygen atoms in total. The van der Waals surface area contributed by atoms with Crippen molar-refractivity contribution in [3.63, 3.8) is 0 Å². The molecule has 0 fully saturated rings. The summed E-state index contributed by atoms with van der Waals surface area (Å²) in [5, 5.41) is 8.73. The number of aryl methyl sites for hydroxylation is 1. The van der Waals surface area contributed by atoms with Crippen LogP contribution in [0.3, 0.4) is 0 Å². The lowest BCUT2D eigenvalue weighted by molar-refractivity contribution is -0.147. The van der Waals surface area contributed by atoms with Crippen molar-refractivity contribution in [2.75, 3.05) is 0 Å². The van der Waals surface area contributed by atoms with Gasteiger partial charge in [-0.25, -0.2) is 9.18 Å². The molecule has 2 aromatic rings. The highest BCUT2D eigenvalue weighted by Crippen LogP contribution is 2.50. The van der Waals surface area contributed by atoms with E-state index in [2.05, 4.69) is 4.74 Å². The standard InChI is InChI=1S/C19H15FO6/c1-9-7-13-15(25-18(24-13)26-17(22)23)10-8-19(2,16(21)14(9)10)11-5-3-4-6-12(11)20/h3-7,18H,8H2,1-2H3,(H,22,23). The fraction of sp³-hybridized carbons (Fsp3) is 0.263. The maximum atomic E-state index is 14.4. The third-order valence-corrected chi connectivity index (χ3v) is 4.90. The molecule has 2 unspecified atom stereocenters. The monoisotopic (exact) mass is 358 g/mol. The van der Waals surface area contributed by atoms with Gasteiger partial charge >= 0.3 is 12.6 Å². The molecule has 0 spiro atoms. The van der Waals surface area contributed by atoms with Crippen molar-refractivity contribution in [2.45, 2.75) is 32.2 Å². The first-order chi connectivity index (χ1) is 12.3. The van der Waals surface area contributed by atoms with Crippen LogP contribution in [-0.4, -0.2) is 23.5 Å². The minimum Gasteiger partial charge on any atom is -0.450 e. The Hall–Kier alpha value is -3.09. The molecule has 4 rings (SSSR count). The Morgan fingerprint density at radius 2 is 2.08 bits per heavy atom. The number of halogens is 1. The predicted octanol–water partition coefficient (Wildman–Crippen LogP) is 3.58. The highest BCUT2D eigenvalue weighted by atomic mass is 19.1. The van der Waals surface area contributed by atoms with Gasteiger partial charge in [-0.3, -0.25) is 4.79 Å². The van der Waals surface area contributed by atoms with Crippen molar-refractivity contribution >= 4 is 11.9 Å². The number of rotatable bonds is 2. The molecule has 0 bridgehead atoms. The summed E-state index contributed by atoms with van der Waals surface area (Å²) >= 11 is 0. The molecule has 134 valence electrons. The average molecular weight is 358 g/mol. The zero-order valence-electron chi connectivity index (χ0n) is 14.0. The molecule has 7 heteroatoms. The number of benzene rings is 2. The molecule has 0 amide bonds. The van der Waals surface area contributed by atoms with Gasteiger partial charge in [0.05, 0.1) is 5.41 Å². The van der Waals surface area contributed by atoms with Gasteiger partial charge in [0.25, 0.3) is 0 Å². The van der Waals surface area contributed by atoms with E-state index in [-0.39, 0.29) is 18.0 Å². The van der Waals surface area contributed by atoms with E-state index in [9.17, 15) is 14.0 Å². The molecule has 1 N–H and O–H groups in total. The Kier molecular flexibility index (Phi) is 3.44. The molecular weight excluding hydrogens is 343 g/mol. The van der Waals surface area contributed by atoms with Crippen LogP contribution >= 0.6 is 0 Å². The Labute approximate surface area is 148 Å². The van der Waals surface area contributed by atoms with Crippen molar-refractivity contribution in [1.29, 1.82) is 0 Å². The van der Waals surface area contributed by atoms with Gasteiger partial charge in [0.15, 0.2) is 17.3 Å². The normalized spacial score (nSPS) is 23.0. The van der Waals surface area contributed by atoms with Crippen LogP contribution in [0.4, 0.5) is 9.18 Å². The lowest BCUT2D eigenvalue weighted by atomic mass is 9.78. The smallest absolute Gasteiger partial charge is 0.450 e. The SMILES string of the molecule is Cc1cc2c(c3c1C(=O)C(C)(c1ccccc1F)C3)OC(OC(=O)O)O2. The summed E-state index contributed by atoms with van der Waals surface area (Å²) in [6.07, 6.45) is -1.32. The van der Waals surface area contributed by atoms with Crippen LogP contribution < -0.4 is 9.47 Å². The van der Waals surface area contributed by atoms with Gasteiger partial charge in [-0.1, -0.05) is 18.2 Å². The van der Waals surface area contributed by atoms with Crippen molar-refractivity contribution in [2.24, 2.45) is 0 Å². The summed E-state index contributed by atoms with van der Waals surface area (Å²) in [6, 6.07) is 7.78. The third kappa shape index (κ3) is 2.23. The van der Waals surface area contributed by atoms with E-state index in [4.69, 9.17) is 14.6 Å². The number of hydrogen-bond donors (Lipinski definition) is 1. The lowest BCUT2D eigenvalue weighted by Crippen LogP contribution is -2.30. The largest absolute Gasteiger partial charge is 0.511 e. The van der Waals surface area contributed by atoms with Crippen LogP contribution in [-0.2, 0) is 16.6 Å². The molecule has 0 radical (unpaired) electrons. The molecule has 1 aliphatic heterocycles. The van der Waals surface area contributed by atoms with E-state index in [1.165, 1.54) is 6.07 Å². The van der Waals surface area contributed by atoms with Gasteiger partial charge in [-0.05, 0) is 38.0 Å². The van der Waals surface area contributed by atoms with Crippen LogP contribution in [0.5, 0.6) is 11.5 Å². The van der Waals surface area contributed by atoms with Gasteiger partial charge in [-0.2, -0.15) is 0 Å². The Morgan fingerprint density at radius 3 is 2.77 bits per heavy atom. The fourth-order valence-electron chi connectivity index (χ4n) is 3.73. The van der Waals surface area contributed by atoms with Crippen molar-refractivity contribution in [1.82, 2.24) is 0 Å². The number of carbonyl (C=O) groups excluding carboxylic acids is 1. The number of hydrogen-bond acceptors (Lipinski definition) is 5. The van der Waals surface area contributed by atoms with Crippen molar-refractivity contribution in [3.8, 4) is 11.5 Å². The second kappa shape index (κ2) is 5.45. The zero-order valence-corrected chi connectivity index (χ0v) is 14.0. The summed E-state index contributed by atoms with van der Waals surface area (Å²) in [5.41, 5.74) is 0.916. The van der Waals surface area contributed by atoms with E-state index in [0.717, 1.165) is 0 Å². The number of ether oxygens (including phenoxy) is 3. The van der Waals surface area contributed by atoms with E-state index in [1.807, 2.05) is 0 Å². The van der Waals surface area contributed by atoms with Crippen LogP contribution in [0, 0.1) is 12.7 Å². The molecule has 0 aromatic heterocycles. The van der Waals surface area contributed by atoms with Crippen molar-refractivity contribution in [3.05, 3.63) is 58.4 Å². The average Bonchev–Trinajstić information content (AvgIpc) is 3.07. The molecule has 2 aromatic carbocycles. The Bertz CT molecular complexity index is 953. The fourth-order valence-corrected chi connectivity index (χ4v) is 3.73. The third-order valence-electron chi connectivity index (χ3n) is 4.90. The van der Waals surface area contributed by atoms with Crippen LogP contribution in [0.2, 0.25) is 0 Å². The van der Waals surface area contributed by atoms with E-state index in [1.54, 1.807) is 38.1 Å². The van der Waals surface area contributed by atoms with Gasteiger partial charge < -0.3 is 19.3 Å². The number of carbonyl (C=O) groups is 2. The Balaban J connectivity index is 1.80. The van der Waals surface area contributed by atoms with E-state index < -0.39 is 23.9 Å². The summed E-state index contributed by atoms with van der Waals surface area (Å²) in [4.78, 5) is 23.9. The van der Waals surface area contributed by atoms with Gasteiger partial charge in [-0.15, -0.1) is 0 Å². The summed E-state index contributed by atoms with van der Waals surface area (Å²) in [6.45, 7) is 2.02. The first-order valence-electron chi connectivity index (χ1n) is 8.00. The number of carboxylic acid groups (broad SMARTS) is 1. The highest BCUT2D eigenvalue weighted by Gasteiger charge is 2.48. The minimum atomic E-state index is -1.54. The zero-order chi connectivity index (χ0) is 18.6. The summed E-state index contributed by atoms with van der Waals surface area (Å²) in [7, 11) is 0. The second-order valence-corrected chi connectivity index (χ2v) is 6.60. The molecule has 26 heavy (non-hydrogen) atoms. The first-order valence-corrected chi connectivity index (χ1v) is 8.00. The number of ketones is 1. The quantitative estimate of drug-likeness (QED) is 0.827. The van der Waals surface area contributed by atoms with Crippen molar-refractivity contribution < 1.29 is 33.3 Å². The van der Waals surface area contributed by atoms with Gasteiger partial charge in [0.2, 0.25) is 0 Å². The van der Waals surface area contributed by atoms with Gasteiger partial charge in [0, 0.05) is 16.7 Å². The summed E-state index contributed by atoms with van der Waals surface area (Å²) in [5.74, 6) is -0.0813. The second-order valence-electron chi connectivity index (χ2n) is 6.60. The maximum Gasteiger partial charge on any atom is 0.511 e. The number of Topliss-reactive ketones (excluding diaryl/α,β-unsaturated/α-hetero) is 1. The van der Waals surface area contributed by atoms with E-state index >= 15 is 0 Å². The molecule has 2 atom stereocenters. The minimum absolute atomic E-state index is 0.205. The van der Waals surface area contributed by atoms with Crippen LogP contribution in [0.25, 0.3) is 0 Å². The highest BCUT2D eigenvalue weighted by molar-refractivity contribution is 6.10. The molecule has 2 aliphatic rings. The van der Waals surface area contributed by atoms with Crippen LogP contribution in [0.1, 0.15) is 34.0 Å². The van der Waals surface area contributed by atoms with Gasteiger partial charge in [0.1, 0.15) is 5.82 Å². The topological polar surface area (TPSA) is 82.1 Å². The first kappa shape index (κ1) is 16.4. The Morgan fingerprint density at radius 1 is 1.35 bits per heavy atom. The lowest BCUT2D eigenvalue weighted by Gasteiger charge is -2.23. The molecule has 1 heterocycles. The van der Waals surface area contributed by atoms with E-state index in [0.29, 0.717) is 28.0 Å². The molecule has 0 saturated carbocycles. The summed E-state index contributed by atoms with van der Waals surface area (Å²) < 4.78 is 29.7. The molecule has 1 aliphatic carbocycles. The maximum absolute atomic E-state index is 14.4.